The second-order valence-electron chi connectivity index (χ2n) is 4.32. The van der Waals surface area contributed by atoms with E-state index in [0.29, 0.717) is 0 Å². The van der Waals surface area contributed by atoms with Gasteiger partial charge >= 0.3 is 0 Å². The quantitative estimate of drug-likeness (QED) is 0.811. The van der Waals surface area contributed by atoms with E-state index in [9.17, 15) is 0 Å². The molecule has 0 aromatic carbocycles. The van der Waals surface area contributed by atoms with Crippen molar-refractivity contribution in [3.05, 3.63) is 23.8 Å². The zero-order valence-corrected chi connectivity index (χ0v) is 9.37. The average molecular weight is 205 g/mol. The summed E-state index contributed by atoms with van der Waals surface area (Å²) in [6, 6.07) is 0. The van der Waals surface area contributed by atoms with E-state index in [2.05, 4.69) is 22.2 Å². The van der Waals surface area contributed by atoms with Crippen LogP contribution >= 0.6 is 0 Å². The number of aromatic nitrogens is 2. The first-order valence-corrected chi connectivity index (χ1v) is 5.89. The lowest BCUT2D eigenvalue weighted by Gasteiger charge is -2.06. The van der Waals surface area contributed by atoms with E-state index < -0.39 is 0 Å². The second kappa shape index (κ2) is 5.21. The molecule has 0 saturated carbocycles. The summed E-state index contributed by atoms with van der Waals surface area (Å²) in [7, 11) is 0. The molecule has 15 heavy (non-hydrogen) atoms. The van der Waals surface area contributed by atoms with Crippen molar-refractivity contribution in [2.45, 2.75) is 32.6 Å². The summed E-state index contributed by atoms with van der Waals surface area (Å²) in [6.07, 6.45) is 8.50. The van der Waals surface area contributed by atoms with Gasteiger partial charge in [-0.1, -0.05) is 13.3 Å². The highest BCUT2D eigenvalue weighted by Crippen LogP contribution is 2.12. The van der Waals surface area contributed by atoms with Gasteiger partial charge in [0.05, 0.1) is 0 Å². The van der Waals surface area contributed by atoms with E-state index in [1.165, 1.54) is 12.0 Å². The average Bonchev–Trinajstić information content (AvgIpc) is 2.74. The van der Waals surface area contributed by atoms with Crippen LogP contribution in [0.4, 0.5) is 0 Å². The molecule has 3 nitrogen and oxygen atoms in total. The van der Waals surface area contributed by atoms with Crippen molar-refractivity contribution in [2.75, 3.05) is 13.1 Å². The Hall–Kier alpha value is -0.960. The fraction of sp³-hybridized carbons (Fsp3) is 0.667. The smallest absolute Gasteiger partial charge is 0.128 e. The first kappa shape index (κ1) is 10.6. The molecule has 1 unspecified atom stereocenters. The molecule has 1 aromatic rings. The van der Waals surface area contributed by atoms with Crippen LogP contribution in [-0.4, -0.2) is 23.1 Å². The largest absolute Gasteiger partial charge is 0.316 e. The van der Waals surface area contributed by atoms with Gasteiger partial charge in [0.1, 0.15) is 5.82 Å². The molecular formula is C12H19N3. The summed E-state index contributed by atoms with van der Waals surface area (Å²) in [5.74, 6) is 1.74. The van der Waals surface area contributed by atoms with Crippen LogP contribution in [0, 0.1) is 5.92 Å². The number of aryl methyl sites for hydroxylation is 1. The van der Waals surface area contributed by atoms with Crippen LogP contribution in [0.3, 0.4) is 0 Å². The van der Waals surface area contributed by atoms with E-state index >= 15 is 0 Å². The molecule has 1 fully saturated rings. The third kappa shape index (κ3) is 2.99. The summed E-state index contributed by atoms with van der Waals surface area (Å²) >= 11 is 0. The Balaban J connectivity index is 1.91. The van der Waals surface area contributed by atoms with Gasteiger partial charge in [-0.25, -0.2) is 9.97 Å². The van der Waals surface area contributed by atoms with Crippen LogP contribution in [0.5, 0.6) is 0 Å². The highest BCUT2D eigenvalue weighted by Gasteiger charge is 2.15. The molecule has 1 aliphatic rings. The monoisotopic (exact) mass is 205 g/mol. The molecule has 2 rings (SSSR count). The van der Waals surface area contributed by atoms with Crippen LogP contribution in [0.25, 0.3) is 0 Å². The molecule has 1 atom stereocenters. The van der Waals surface area contributed by atoms with Crippen molar-refractivity contribution in [2.24, 2.45) is 5.92 Å². The highest BCUT2D eigenvalue weighted by molar-refractivity contribution is 5.05. The van der Waals surface area contributed by atoms with E-state index in [1.807, 2.05) is 12.4 Å². The molecule has 0 aliphatic carbocycles. The molecule has 1 N–H and O–H groups in total. The van der Waals surface area contributed by atoms with Gasteiger partial charge in [-0.15, -0.1) is 0 Å². The Bertz CT molecular complexity index is 288. The normalized spacial score (nSPS) is 20.7. The molecule has 1 aromatic heterocycles. The molecule has 82 valence electrons. The topological polar surface area (TPSA) is 37.8 Å². The number of nitrogens with one attached hydrogen (secondary N) is 1. The minimum atomic E-state index is 0.738. The molecule has 2 heterocycles. The Morgan fingerprint density at radius 2 is 2.20 bits per heavy atom. The van der Waals surface area contributed by atoms with E-state index in [0.717, 1.165) is 44.1 Å². The van der Waals surface area contributed by atoms with Crippen molar-refractivity contribution in [1.29, 1.82) is 0 Å². The fourth-order valence-corrected chi connectivity index (χ4v) is 2.05. The summed E-state index contributed by atoms with van der Waals surface area (Å²) in [6.45, 7) is 4.46. The van der Waals surface area contributed by atoms with Crippen molar-refractivity contribution in [3.63, 3.8) is 0 Å². The van der Waals surface area contributed by atoms with Gasteiger partial charge in [0.25, 0.3) is 0 Å². The third-order valence-corrected chi connectivity index (χ3v) is 2.93. The van der Waals surface area contributed by atoms with Gasteiger partial charge in [-0.2, -0.15) is 0 Å². The first-order valence-electron chi connectivity index (χ1n) is 5.89. The molecule has 1 aliphatic heterocycles. The summed E-state index contributed by atoms with van der Waals surface area (Å²) in [5, 5.41) is 3.37. The SMILES string of the molecule is CCCc1cnc(CC2CCNC2)nc1. The lowest BCUT2D eigenvalue weighted by Crippen LogP contribution is -2.12. The molecule has 0 bridgehead atoms. The van der Waals surface area contributed by atoms with Crippen molar-refractivity contribution >= 4 is 0 Å². The van der Waals surface area contributed by atoms with Crippen molar-refractivity contribution in [1.82, 2.24) is 15.3 Å². The van der Waals surface area contributed by atoms with E-state index in [1.54, 1.807) is 0 Å². The third-order valence-electron chi connectivity index (χ3n) is 2.93. The standard InChI is InChI=1S/C12H19N3/c1-2-3-11-8-14-12(15-9-11)6-10-4-5-13-7-10/h8-10,13H,2-7H2,1H3. The van der Waals surface area contributed by atoms with Crippen LogP contribution in [0.2, 0.25) is 0 Å². The predicted octanol–water partition coefficient (Wildman–Crippen LogP) is 1.58. The Kier molecular flexibility index (Phi) is 3.67. The first-order chi connectivity index (χ1) is 7.38. The van der Waals surface area contributed by atoms with Gasteiger partial charge in [0.2, 0.25) is 0 Å². The van der Waals surface area contributed by atoms with E-state index in [-0.39, 0.29) is 0 Å². The lowest BCUT2D eigenvalue weighted by molar-refractivity contribution is 0.560. The predicted molar refractivity (Wildman–Crippen MR) is 60.7 cm³/mol. The Labute approximate surface area is 91.3 Å². The van der Waals surface area contributed by atoms with Gasteiger partial charge in [0, 0.05) is 18.8 Å². The Morgan fingerprint density at radius 3 is 2.80 bits per heavy atom. The summed E-state index contributed by atoms with van der Waals surface area (Å²) in [4.78, 5) is 8.84. The van der Waals surface area contributed by atoms with Crippen molar-refractivity contribution < 1.29 is 0 Å². The second-order valence-corrected chi connectivity index (χ2v) is 4.32. The maximum absolute atomic E-state index is 4.42. The van der Waals surface area contributed by atoms with Crippen molar-refractivity contribution in [3.8, 4) is 0 Å². The lowest BCUT2D eigenvalue weighted by atomic mass is 10.0. The van der Waals surface area contributed by atoms with E-state index in [4.69, 9.17) is 0 Å². The number of nitrogens with zero attached hydrogens (tertiary/aromatic N) is 2. The number of hydrogen-bond acceptors (Lipinski definition) is 3. The molecule has 0 amide bonds. The minimum absolute atomic E-state index is 0.738. The Morgan fingerprint density at radius 1 is 1.40 bits per heavy atom. The molecule has 0 spiro atoms. The number of rotatable bonds is 4. The zero-order valence-electron chi connectivity index (χ0n) is 9.37. The highest BCUT2D eigenvalue weighted by atomic mass is 14.9. The van der Waals surface area contributed by atoms with Crippen LogP contribution < -0.4 is 5.32 Å². The van der Waals surface area contributed by atoms with Crippen LogP contribution in [0.1, 0.15) is 31.2 Å². The number of hydrogen-bond donors (Lipinski definition) is 1. The van der Waals surface area contributed by atoms with Gasteiger partial charge in [-0.3, -0.25) is 0 Å². The maximum Gasteiger partial charge on any atom is 0.128 e. The molecule has 0 radical (unpaired) electrons. The van der Waals surface area contributed by atoms with Gasteiger partial charge in [-0.05, 0) is 37.4 Å². The fourth-order valence-electron chi connectivity index (χ4n) is 2.05. The zero-order chi connectivity index (χ0) is 10.5. The molecular weight excluding hydrogens is 186 g/mol. The van der Waals surface area contributed by atoms with Gasteiger partial charge < -0.3 is 5.32 Å². The van der Waals surface area contributed by atoms with Crippen LogP contribution in [-0.2, 0) is 12.8 Å². The van der Waals surface area contributed by atoms with Gasteiger partial charge in [0.15, 0.2) is 0 Å². The maximum atomic E-state index is 4.42. The summed E-state index contributed by atoms with van der Waals surface area (Å²) < 4.78 is 0. The molecule has 3 heteroatoms. The summed E-state index contributed by atoms with van der Waals surface area (Å²) in [5.41, 5.74) is 1.26. The minimum Gasteiger partial charge on any atom is -0.316 e. The van der Waals surface area contributed by atoms with Crippen LogP contribution in [0.15, 0.2) is 12.4 Å². The molecule has 1 saturated heterocycles.